The van der Waals surface area contributed by atoms with Crippen molar-refractivity contribution in [3.63, 3.8) is 0 Å². The minimum atomic E-state index is -4.51. The van der Waals surface area contributed by atoms with Crippen molar-refractivity contribution in [3.05, 3.63) is 65.0 Å². The molecule has 0 N–H and O–H groups in total. The predicted molar refractivity (Wildman–Crippen MR) is 89.7 cm³/mol. The van der Waals surface area contributed by atoms with Crippen molar-refractivity contribution in [1.82, 2.24) is 14.7 Å². The molecule has 2 aromatic rings. The van der Waals surface area contributed by atoms with Crippen LogP contribution in [0.1, 0.15) is 21.6 Å². The molecule has 134 valence electrons. The third-order valence-corrected chi connectivity index (χ3v) is 3.85. The maximum absolute atomic E-state index is 12.7. The van der Waals surface area contributed by atoms with Gasteiger partial charge in [-0.1, -0.05) is 48.0 Å². The molecule has 0 aliphatic rings. The summed E-state index contributed by atoms with van der Waals surface area (Å²) in [5.74, 6) is -0.820. The molecule has 4 nitrogen and oxygen atoms in total. The first-order valence-electron chi connectivity index (χ1n) is 7.46. The standard InChI is InChI=1S/C17H17ClF3N3O/c1-3-9-23(11-17(19,20)21)16(25)14-12(2)22-24(15(14)18)10-13-7-5-4-6-8-13/h3-8H,1,9-11H2,2H3. The lowest BCUT2D eigenvalue weighted by atomic mass is 10.2. The monoisotopic (exact) mass is 371 g/mol. The summed E-state index contributed by atoms with van der Waals surface area (Å²) in [6, 6.07) is 9.28. The quantitative estimate of drug-likeness (QED) is 0.717. The highest BCUT2D eigenvalue weighted by Crippen LogP contribution is 2.25. The molecule has 2 rings (SSSR count). The topological polar surface area (TPSA) is 38.1 Å². The Morgan fingerprint density at radius 2 is 2.00 bits per heavy atom. The zero-order valence-corrected chi connectivity index (χ0v) is 14.3. The summed E-state index contributed by atoms with van der Waals surface area (Å²) in [6.07, 6.45) is -3.28. The third kappa shape index (κ3) is 4.85. The predicted octanol–water partition coefficient (Wildman–Crippen LogP) is 4.08. The highest BCUT2D eigenvalue weighted by Gasteiger charge is 2.34. The van der Waals surface area contributed by atoms with Gasteiger partial charge < -0.3 is 4.90 Å². The van der Waals surface area contributed by atoms with Gasteiger partial charge >= 0.3 is 6.18 Å². The first-order chi connectivity index (χ1) is 11.7. The van der Waals surface area contributed by atoms with E-state index in [1.807, 2.05) is 30.3 Å². The van der Waals surface area contributed by atoms with E-state index in [0.29, 0.717) is 11.4 Å². The number of alkyl halides is 3. The van der Waals surface area contributed by atoms with Gasteiger partial charge in [0.2, 0.25) is 0 Å². The van der Waals surface area contributed by atoms with Crippen LogP contribution < -0.4 is 0 Å². The first kappa shape index (κ1) is 19.1. The fourth-order valence-electron chi connectivity index (χ4n) is 2.41. The summed E-state index contributed by atoms with van der Waals surface area (Å²) in [4.78, 5) is 13.2. The molecule has 1 aromatic carbocycles. The number of hydrogen-bond donors (Lipinski definition) is 0. The fraction of sp³-hybridized carbons (Fsp3) is 0.294. The van der Waals surface area contributed by atoms with Gasteiger partial charge in [-0.2, -0.15) is 18.3 Å². The van der Waals surface area contributed by atoms with Gasteiger partial charge in [0.15, 0.2) is 0 Å². The number of carbonyl (C=O) groups is 1. The number of halogens is 4. The van der Waals surface area contributed by atoms with E-state index < -0.39 is 18.6 Å². The molecule has 1 heterocycles. The van der Waals surface area contributed by atoms with Crippen LogP contribution in [0.3, 0.4) is 0 Å². The van der Waals surface area contributed by atoms with Crippen molar-refractivity contribution in [2.75, 3.05) is 13.1 Å². The molecule has 0 bridgehead atoms. The first-order valence-corrected chi connectivity index (χ1v) is 7.84. The van der Waals surface area contributed by atoms with Crippen LogP contribution in [0.5, 0.6) is 0 Å². The van der Waals surface area contributed by atoms with Crippen LogP contribution in [-0.2, 0) is 6.54 Å². The van der Waals surface area contributed by atoms with E-state index in [1.54, 1.807) is 6.92 Å². The van der Waals surface area contributed by atoms with Gasteiger partial charge in [0.05, 0.1) is 17.8 Å². The number of rotatable bonds is 6. The molecule has 25 heavy (non-hydrogen) atoms. The van der Waals surface area contributed by atoms with Crippen LogP contribution in [-0.4, -0.2) is 39.9 Å². The summed E-state index contributed by atoms with van der Waals surface area (Å²) in [5.41, 5.74) is 1.16. The second-order valence-corrected chi connectivity index (χ2v) is 5.84. The van der Waals surface area contributed by atoms with Crippen LogP contribution in [0.2, 0.25) is 5.15 Å². The Hall–Kier alpha value is -2.28. The van der Waals surface area contributed by atoms with Crippen molar-refractivity contribution >= 4 is 17.5 Å². The number of aromatic nitrogens is 2. The van der Waals surface area contributed by atoms with Gasteiger partial charge in [-0.15, -0.1) is 6.58 Å². The second-order valence-electron chi connectivity index (χ2n) is 5.48. The smallest absolute Gasteiger partial charge is 0.326 e. The van der Waals surface area contributed by atoms with Crippen LogP contribution in [0, 0.1) is 6.92 Å². The molecule has 0 radical (unpaired) electrons. The number of nitrogens with zero attached hydrogens (tertiary/aromatic N) is 3. The number of amides is 1. The van der Waals surface area contributed by atoms with Gasteiger partial charge in [0.1, 0.15) is 11.7 Å². The molecule has 1 aromatic heterocycles. The second kappa shape index (κ2) is 7.74. The summed E-state index contributed by atoms with van der Waals surface area (Å²) in [7, 11) is 0. The summed E-state index contributed by atoms with van der Waals surface area (Å²) in [5, 5.41) is 4.21. The summed E-state index contributed by atoms with van der Waals surface area (Å²) >= 11 is 6.24. The maximum atomic E-state index is 12.7. The number of hydrogen-bond acceptors (Lipinski definition) is 2. The van der Waals surface area contributed by atoms with E-state index in [9.17, 15) is 18.0 Å². The molecular formula is C17H17ClF3N3O. The molecule has 8 heteroatoms. The largest absolute Gasteiger partial charge is 0.406 e. The zero-order valence-electron chi connectivity index (χ0n) is 13.6. The molecular weight excluding hydrogens is 355 g/mol. The lowest BCUT2D eigenvalue weighted by molar-refractivity contribution is -0.139. The van der Waals surface area contributed by atoms with Crippen molar-refractivity contribution in [1.29, 1.82) is 0 Å². The van der Waals surface area contributed by atoms with E-state index in [4.69, 9.17) is 11.6 Å². The van der Waals surface area contributed by atoms with Crippen LogP contribution in [0.25, 0.3) is 0 Å². The van der Waals surface area contributed by atoms with E-state index in [2.05, 4.69) is 11.7 Å². The Labute approximate surface area is 148 Å². The van der Waals surface area contributed by atoms with E-state index >= 15 is 0 Å². The Bertz CT molecular complexity index is 756. The van der Waals surface area contributed by atoms with Gasteiger partial charge in [0.25, 0.3) is 5.91 Å². The lowest BCUT2D eigenvalue weighted by Gasteiger charge is -2.22. The molecule has 0 fully saturated rings. The molecule has 1 amide bonds. The fourth-order valence-corrected chi connectivity index (χ4v) is 2.72. The Balaban J connectivity index is 2.31. The van der Waals surface area contributed by atoms with Gasteiger partial charge in [-0.05, 0) is 12.5 Å². The van der Waals surface area contributed by atoms with Gasteiger partial charge in [-0.25, -0.2) is 4.68 Å². The third-order valence-electron chi connectivity index (χ3n) is 3.46. The molecule has 0 saturated heterocycles. The minimum absolute atomic E-state index is 0.0163. The SMILES string of the molecule is C=CCN(CC(F)(F)F)C(=O)c1c(C)nn(Cc2ccccc2)c1Cl. The molecule has 0 unspecified atom stereocenters. The zero-order chi connectivity index (χ0) is 18.6. The number of aryl methyl sites for hydroxylation is 1. The van der Waals surface area contributed by atoms with E-state index in [0.717, 1.165) is 5.56 Å². The normalized spacial score (nSPS) is 11.4. The van der Waals surface area contributed by atoms with Crippen LogP contribution in [0.15, 0.2) is 43.0 Å². The van der Waals surface area contributed by atoms with E-state index in [1.165, 1.54) is 10.8 Å². The van der Waals surface area contributed by atoms with Crippen LogP contribution in [0.4, 0.5) is 13.2 Å². The Kier molecular flexibility index (Phi) is 5.89. The van der Waals surface area contributed by atoms with Crippen molar-refractivity contribution in [2.24, 2.45) is 0 Å². The Morgan fingerprint density at radius 3 is 2.56 bits per heavy atom. The molecule has 0 saturated carbocycles. The van der Waals surface area contributed by atoms with Crippen molar-refractivity contribution in [3.8, 4) is 0 Å². The molecule has 0 aliphatic heterocycles. The molecule has 0 atom stereocenters. The van der Waals surface area contributed by atoms with E-state index in [-0.39, 0.29) is 23.0 Å². The molecule has 0 spiro atoms. The highest BCUT2D eigenvalue weighted by atomic mass is 35.5. The van der Waals surface area contributed by atoms with Crippen molar-refractivity contribution in [2.45, 2.75) is 19.6 Å². The molecule has 0 aliphatic carbocycles. The van der Waals surface area contributed by atoms with Crippen molar-refractivity contribution < 1.29 is 18.0 Å². The average Bonchev–Trinajstić information content (AvgIpc) is 2.80. The average molecular weight is 372 g/mol. The number of benzene rings is 1. The van der Waals surface area contributed by atoms with Crippen LogP contribution >= 0.6 is 11.6 Å². The number of carbonyl (C=O) groups excluding carboxylic acids is 1. The highest BCUT2D eigenvalue weighted by molar-refractivity contribution is 6.33. The van der Waals surface area contributed by atoms with Gasteiger partial charge in [-0.3, -0.25) is 4.79 Å². The lowest BCUT2D eigenvalue weighted by Crippen LogP contribution is -2.39. The summed E-state index contributed by atoms with van der Waals surface area (Å²) in [6.45, 7) is 3.64. The Morgan fingerprint density at radius 1 is 1.36 bits per heavy atom. The summed E-state index contributed by atoms with van der Waals surface area (Å²) < 4.78 is 39.6. The maximum Gasteiger partial charge on any atom is 0.406 e. The van der Waals surface area contributed by atoms with Gasteiger partial charge in [0, 0.05) is 6.54 Å². The minimum Gasteiger partial charge on any atom is -0.326 e.